The van der Waals surface area contributed by atoms with Gasteiger partial charge in [0.15, 0.2) is 11.6 Å². The van der Waals surface area contributed by atoms with Gasteiger partial charge in [-0.25, -0.2) is 8.78 Å². The number of hydrogen-bond acceptors (Lipinski definition) is 0. The third kappa shape index (κ3) is 5.82. The van der Waals surface area contributed by atoms with E-state index < -0.39 is 11.6 Å². The molecule has 0 N–H and O–H groups in total. The van der Waals surface area contributed by atoms with Gasteiger partial charge >= 0.3 is 0 Å². The molecule has 0 atom stereocenters. The average Bonchev–Trinajstić information content (AvgIpc) is 2.77. The van der Waals surface area contributed by atoms with Gasteiger partial charge in [-0.2, -0.15) is 0 Å². The molecule has 30 heavy (non-hydrogen) atoms. The van der Waals surface area contributed by atoms with Gasteiger partial charge in [0.1, 0.15) is 0 Å². The van der Waals surface area contributed by atoms with Crippen LogP contribution in [0.4, 0.5) is 8.78 Å². The molecule has 0 nitrogen and oxygen atoms in total. The van der Waals surface area contributed by atoms with Crippen molar-refractivity contribution >= 4 is 0 Å². The van der Waals surface area contributed by atoms with Crippen LogP contribution in [0.3, 0.4) is 0 Å². The van der Waals surface area contributed by atoms with Gasteiger partial charge in [-0.1, -0.05) is 61.6 Å². The van der Waals surface area contributed by atoms with Gasteiger partial charge in [0.25, 0.3) is 0 Å². The standard InChI is InChI=1S/C28H24F2/c1-3-4-5-6-22-8-10-23(11-9-22)12-13-24-14-16-25(17-15-24)18-20-26-19-7-21(2)27(29)28(26)30/h7-11,14-17,19H,3-6H2,1-2H3. The van der Waals surface area contributed by atoms with Crippen molar-refractivity contribution in [3.05, 3.63) is 106 Å². The van der Waals surface area contributed by atoms with Crippen LogP contribution >= 0.6 is 0 Å². The maximum atomic E-state index is 13.9. The molecule has 3 rings (SSSR count). The lowest BCUT2D eigenvalue weighted by Gasteiger charge is -2.00. The molecule has 0 amide bonds. The minimum atomic E-state index is -0.902. The maximum absolute atomic E-state index is 13.9. The first-order valence-electron chi connectivity index (χ1n) is 10.2. The lowest BCUT2D eigenvalue weighted by atomic mass is 10.1. The molecule has 0 aliphatic rings. The van der Waals surface area contributed by atoms with Crippen molar-refractivity contribution in [3.63, 3.8) is 0 Å². The monoisotopic (exact) mass is 398 g/mol. The van der Waals surface area contributed by atoms with E-state index in [0.29, 0.717) is 0 Å². The molecule has 0 saturated heterocycles. The van der Waals surface area contributed by atoms with Gasteiger partial charge in [0.2, 0.25) is 0 Å². The molecular weight excluding hydrogens is 374 g/mol. The summed E-state index contributed by atoms with van der Waals surface area (Å²) in [6.45, 7) is 3.74. The smallest absolute Gasteiger partial charge is 0.174 e. The highest BCUT2D eigenvalue weighted by molar-refractivity contribution is 5.48. The summed E-state index contributed by atoms with van der Waals surface area (Å²) in [5, 5.41) is 0. The predicted octanol–water partition coefficient (Wildman–Crippen LogP) is 6.81. The molecule has 0 aromatic heterocycles. The minimum Gasteiger partial charge on any atom is -0.203 e. The van der Waals surface area contributed by atoms with Crippen molar-refractivity contribution in [2.75, 3.05) is 0 Å². The lowest BCUT2D eigenvalue weighted by Crippen LogP contribution is -1.92. The summed E-state index contributed by atoms with van der Waals surface area (Å²) in [7, 11) is 0. The van der Waals surface area contributed by atoms with Crippen LogP contribution in [-0.4, -0.2) is 0 Å². The van der Waals surface area contributed by atoms with E-state index in [1.54, 1.807) is 0 Å². The molecule has 0 saturated carbocycles. The highest BCUT2D eigenvalue weighted by atomic mass is 19.2. The summed E-state index contributed by atoms with van der Waals surface area (Å²) in [4.78, 5) is 0. The number of aryl methyl sites for hydroxylation is 2. The van der Waals surface area contributed by atoms with E-state index in [-0.39, 0.29) is 11.1 Å². The first-order chi connectivity index (χ1) is 14.6. The number of unbranched alkanes of at least 4 members (excludes halogenated alkanes) is 2. The van der Waals surface area contributed by atoms with E-state index >= 15 is 0 Å². The van der Waals surface area contributed by atoms with Crippen molar-refractivity contribution < 1.29 is 8.78 Å². The highest BCUT2D eigenvalue weighted by Gasteiger charge is 2.08. The van der Waals surface area contributed by atoms with Crippen LogP contribution in [0.2, 0.25) is 0 Å². The Balaban J connectivity index is 1.66. The van der Waals surface area contributed by atoms with Crippen LogP contribution in [-0.2, 0) is 6.42 Å². The van der Waals surface area contributed by atoms with Crippen LogP contribution in [0, 0.1) is 42.2 Å². The third-order valence-electron chi connectivity index (χ3n) is 4.88. The van der Waals surface area contributed by atoms with Gasteiger partial charge in [-0.05, 0) is 73.4 Å². The molecule has 0 spiro atoms. The molecule has 0 unspecified atom stereocenters. The molecule has 3 aromatic carbocycles. The Hall–Kier alpha value is -3.36. The van der Waals surface area contributed by atoms with E-state index in [2.05, 4.69) is 54.9 Å². The Morgan fingerprint density at radius 1 is 0.633 bits per heavy atom. The van der Waals surface area contributed by atoms with Crippen molar-refractivity contribution in [2.45, 2.75) is 39.5 Å². The summed E-state index contributed by atoms with van der Waals surface area (Å²) in [6, 6.07) is 18.8. The largest absolute Gasteiger partial charge is 0.203 e. The topological polar surface area (TPSA) is 0 Å². The fourth-order valence-corrected chi connectivity index (χ4v) is 3.00. The number of hydrogen-bond donors (Lipinski definition) is 0. The van der Waals surface area contributed by atoms with E-state index in [1.165, 1.54) is 43.9 Å². The Kier molecular flexibility index (Phi) is 7.42. The summed E-state index contributed by atoms with van der Waals surface area (Å²) in [6.07, 6.45) is 4.83. The molecular formula is C28H24F2. The van der Waals surface area contributed by atoms with Crippen LogP contribution in [0.25, 0.3) is 0 Å². The molecule has 0 bridgehead atoms. The molecule has 0 aliphatic carbocycles. The zero-order valence-corrected chi connectivity index (χ0v) is 17.4. The Labute approximate surface area is 178 Å². The van der Waals surface area contributed by atoms with Gasteiger partial charge < -0.3 is 0 Å². The molecule has 150 valence electrons. The van der Waals surface area contributed by atoms with Gasteiger partial charge in [0, 0.05) is 16.7 Å². The van der Waals surface area contributed by atoms with Crippen molar-refractivity contribution in [2.24, 2.45) is 0 Å². The van der Waals surface area contributed by atoms with Crippen LogP contribution < -0.4 is 0 Å². The van der Waals surface area contributed by atoms with E-state index in [4.69, 9.17) is 0 Å². The zero-order chi connectivity index (χ0) is 21.3. The Morgan fingerprint density at radius 3 is 1.73 bits per heavy atom. The summed E-state index contributed by atoms with van der Waals surface area (Å²) in [5.41, 5.74) is 4.25. The molecule has 0 heterocycles. The van der Waals surface area contributed by atoms with Crippen molar-refractivity contribution in [1.82, 2.24) is 0 Å². The highest BCUT2D eigenvalue weighted by Crippen LogP contribution is 2.15. The number of halogens is 2. The Morgan fingerprint density at radius 2 is 1.17 bits per heavy atom. The quantitative estimate of drug-likeness (QED) is 0.335. The fourth-order valence-electron chi connectivity index (χ4n) is 3.00. The van der Waals surface area contributed by atoms with E-state index in [0.717, 1.165) is 23.1 Å². The molecule has 0 radical (unpaired) electrons. The first-order valence-corrected chi connectivity index (χ1v) is 10.2. The van der Waals surface area contributed by atoms with Gasteiger partial charge in [0.05, 0.1) is 5.56 Å². The second-order valence-electron chi connectivity index (χ2n) is 7.29. The molecule has 0 fully saturated rings. The minimum absolute atomic E-state index is 0.0557. The summed E-state index contributed by atoms with van der Waals surface area (Å²) < 4.78 is 27.5. The SMILES string of the molecule is CCCCCc1ccc(C#Cc2ccc(C#Cc3ccc(C)c(F)c3F)cc2)cc1. The van der Waals surface area contributed by atoms with Gasteiger partial charge in [-0.3, -0.25) is 0 Å². The predicted molar refractivity (Wildman–Crippen MR) is 119 cm³/mol. The van der Waals surface area contributed by atoms with Gasteiger partial charge in [-0.15, -0.1) is 0 Å². The average molecular weight is 398 g/mol. The number of rotatable bonds is 4. The fraction of sp³-hybridized carbons (Fsp3) is 0.214. The second-order valence-corrected chi connectivity index (χ2v) is 7.29. The van der Waals surface area contributed by atoms with Crippen molar-refractivity contribution in [1.29, 1.82) is 0 Å². The van der Waals surface area contributed by atoms with E-state index in [9.17, 15) is 8.78 Å². The third-order valence-corrected chi connectivity index (χ3v) is 4.88. The maximum Gasteiger partial charge on any atom is 0.174 e. The lowest BCUT2D eigenvalue weighted by molar-refractivity contribution is 0.501. The molecule has 2 heteroatoms. The summed E-state index contributed by atoms with van der Waals surface area (Å²) in [5.74, 6) is 10.1. The zero-order valence-electron chi connectivity index (χ0n) is 17.4. The normalized spacial score (nSPS) is 10.0. The van der Waals surface area contributed by atoms with Crippen LogP contribution in [0.15, 0.2) is 60.7 Å². The Bertz CT molecular complexity index is 1120. The second kappa shape index (κ2) is 10.4. The number of benzene rings is 3. The summed E-state index contributed by atoms with van der Waals surface area (Å²) >= 11 is 0. The molecule has 0 aliphatic heterocycles. The molecule has 3 aromatic rings. The van der Waals surface area contributed by atoms with Crippen LogP contribution in [0.5, 0.6) is 0 Å². The first kappa shape index (κ1) is 21.4. The van der Waals surface area contributed by atoms with Crippen LogP contribution in [0.1, 0.15) is 59.6 Å². The van der Waals surface area contributed by atoms with Crippen molar-refractivity contribution in [3.8, 4) is 23.7 Å². The van der Waals surface area contributed by atoms with E-state index in [1.807, 2.05) is 24.3 Å².